The molecule has 0 bridgehead atoms. The first kappa shape index (κ1) is 23.7. The number of hydrogen-bond acceptors (Lipinski definition) is 6. The van der Waals surface area contributed by atoms with Gasteiger partial charge in [0.1, 0.15) is 11.9 Å². The van der Waals surface area contributed by atoms with Crippen molar-refractivity contribution in [1.82, 2.24) is 15.3 Å². The molecule has 0 radical (unpaired) electrons. The Balaban J connectivity index is 1.58. The van der Waals surface area contributed by atoms with Gasteiger partial charge in [0.2, 0.25) is 11.9 Å². The summed E-state index contributed by atoms with van der Waals surface area (Å²) in [6, 6.07) is 15.9. The Morgan fingerprint density at radius 2 is 1.84 bits per heavy atom. The van der Waals surface area contributed by atoms with Crippen LogP contribution in [0.3, 0.4) is 0 Å². The predicted octanol–water partition coefficient (Wildman–Crippen LogP) is 4.69. The smallest absolute Gasteiger partial charge is 0.242 e. The average Bonchev–Trinajstić information content (AvgIpc) is 3.27. The summed E-state index contributed by atoms with van der Waals surface area (Å²) in [6.07, 6.45) is 2.46. The zero-order valence-electron chi connectivity index (χ0n) is 19.1. The fourth-order valence-corrected chi connectivity index (χ4v) is 4.16. The molecule has 0 saturated carbocycles. The lowest BCUT2D eigenvalue weighted by molar-refractivity contribution is -0.122. The van der Waals surface area contributed by atoms with Crippen molar-refractivity contribution in [3.63, 3.8) is 0 Å². The van der Waals surface area contributed by atoms with Crippen LogP contribution in [0.15, 0.2) is 53.9 Å². The summed E-state index contributed by atoms with van der Waals surface area (Å²) < 4.78 is 0. The molecule has 1 atom stereocenters. The Hall–Kier alpha value is -2.93. The van der Waals surface area contributed by atoms with E-state index in [1.807, 2.05) is 31.2 Å². The number of hydrogen-bond donors (Lipinski definition) is 3. The molecule has 3 N–H and O–H groups in total. The molecule has 0 aliphatic heterocycles. The van der Waals surface area contributed by atoms with E-state index in [9.17, 15) is 4.79 Å². The summed E-state index contributed by atoms with van der Waals surface area (Å²) in [7, 11) is 0. The summed E-state index contributed by atoms with van der Waals surface area (Å²) in [4.78, 5) is 23.3. The zero-order valence-corrected chi connectivity index (χ0v) is 19.9. The van der Waals surface area contributed by atoms with Crippen molar-refractivity contribution >= 4 is 29.0 Å². The Bertz CT molecular complexity index is 960. The molecule has 0 spiro atoms. The average molecular weight is 452 g/mol. The van der Waals surface area contributed by atoms with Crippen LogP contribution in [0.1, 0.15) is 36.4 Å². The SMILES string of the molecule is Cc1cc(N[C@@H](CC(C)C)C(=O)NCCc2ccccc2)nc(NCCc2cccs2)n1. The van der Waals surface area contributed by atoms with Crippen LogP contribution in [-0.2, 0) is 17.6 Å². The number of thiophene rings is 1. The predicted molar refractivity (Wildman–Crippen MR) is 133 cm³/mol. The molecule has 1 amide bonds. The van der Waals surface area contributed by atoms with Gasteiger partial charge in [0.25, 0.3) is 0 Å². The van der Waals surface area contributed by atoms with E-state index in [0.29, 0.717) is 24.2 Å². The summed E-state index contributed by atoms with van der Waals surface area (Å²) in [5.74, 6) is 1.62. The third-order valence-electron chi connectivity index (χ3n) is 4.99. The fraction of sp³-hybridized carbons (Fsp3) is 0.400. The number of carbonyl (C=O) groups is 1. The van der Waals surface area contributed by atoms with Gasteiger partial charge in [0.05, 0.1) is 0 Å². The van der Waals surface area contributed by atoms with E-state index < -0.39 is 0 Å². The second kappa shape index (κ2) is 12.2. The number of carbonyl (C=O) groups excluding carboxylic acids is 1. The van der Waals surface area contributed by atoms with Crippen molar-refractivity contribution < 1.29 is 4.79 Å². The highest BCUT2D eigenvalue weighted by Gasteiger charge is 2.20. The van der Waals surface area contributed by atoms with Crippen LogP contribution in [-0.4, -0.2) is 35.0 Å². The molecule has 0 saturated heterocycles. The molecule has 0 unspecified atom stereocenters. The van der Waals surface area contributed by atoms with Gasteiger partial charge in [0.15, 0.2) is 0 Å². The monoisotopic (exact) mass is 451 g/mol. The third-order valence-corrected chi connectivity index (χ3v) is 5.93. The van der Waals surface area contributed by atoms with Crippen LogP contribution in [0.25, 0.3) is 0 Å². The van der Waals surface area contributed by atoms with E-state index in [4.69, 9.17) is 0 Å². The molecular weight excluding hydrogens is 418 g/mol. The van der Waals surface area contributed by atoms with Gasteiger partial charge in [-0.25, -0.2) is 4.98 Å². The first-order valence-electron chi connectivity index (χ1n) is 11.2. The van der Waals surface area contributed by atoms with Gasteiger partial charge in [-0.2, -0.15) is 4.98 Å². The molecular formula is C25H33N5OS. The van der Waals surface area contributed by atoms with E-state index in [1.54, 1.807) is 11.3 Å². The lowest BCUT2D eigenvalue weighted by Crippen LogP contribution is -2.41. The van der Waals surface area contributed by atoms with Gasteiger partial charge in [-0.15, -0.1) is 11.3 Å². The topological polar surface area (TPSA) is 78.9 Å². The maximum Gasteiger partial charge on any atom is 0.242 e. The normalized spacial score (nSPS) is 11.9. The van der Waals surface area contributed by atoms with Crippen molar-refractivity contribution in [3.05, 3.63) is 70.0 Å². The molecule has 6 nitrogen and oxygen atoms in total. The van der Waals surface area contributed by atoms with E-state index in [0.717, 1.165) is 31.5 Å². The minimum atomic E-state index is -0.348. The number of nitrogens with one attached hydrogen (secondary N) is 3. The first-order valence-corrected chi connectivity index (χ1v) is 12.1. The van der Waals surface area contributed by atoms with Crippen molar-refractivity contribution in [1.29, 1.82) is 0 Å². The minimum Gasteiger partial charge on any atom is -0.358 e. The maximum atomic E-state index is 12.9. The van der Waals surface area contributed by atoms with Gasteiger partial charge in [-0.1, -0.05) is 50.2 Å². The highest BCUT2D eigenvalue weighted by Crippen LogP contribution is 2.15. The van der Waals surface area contributed by atoms with Gasteiger partial charge in [-0.3, -0.25) is 4.79 Å². The molecule has 32 heavy (non-hydrogen) atoms. The second-order valence-corrected chi connectivity index (χ2v) is 9.36. The number of amides is 1. The summed E-state index contributed by atoms with van der Waals surface area (Å²) in [6.45, 7) is 7.55. The fourth-order valence-electron chi connectivity index (χ4n) is 3.45. The molecule has 2 aromatic heterocycles. The molecule has 0 aliphatic carbocycles. The minimum absolute atomic E-state index is 0.00176. The summed E-state index contributed by atoms with van der Waals surface area (Å²) in [5.41, 5.74) is 2.07. The lowest BCUT2D eigenvalue weighted by atomic mass is 10.0. The summed E-state index contributed by atoms with van der Waals surface area (Å²) >= 11 is 1.75. The summed E-state index contributed by atoms with van der Waals surface area (Å²) in [5, 5.41) is 11.8. The van der Waals surface area contributed by atoms with Crippen molar-refractivity contribution in [2.45, 2.75) is 46.1 Å². The van der Waals surface area contributed by atoms with Crippen molar-refractivity contribution in [2.75, 3.05) is 23.7 Å². The van der Waals surface area contributed by atoms with Crippen LogP contribution in [0.5, 0.6) is 0 Å². The molecule has 2 heterocycles. The first-order chi connectivity index (χ1) is 15.5. The number of benzene rings is 1. The van der Waals surface area contributed by atoms with Crippen LogP contribution in [0, 0.1) is 12.8 Å². The third kappa shape index (κ3) is 7.96. The van der Waals surface area contributed by atoms with Crippen LogP contribution < -0.4 is 16.0 Å². The quantitative estimate of drug-likeness (QED) is 0.372. The number of rotatable bonds is 12. The molecule has 0 fully saturated rings. The highest BCUT2D eigenvalue weighted by atomic mass is 32.1. The number of nitrogens with zero attached hydrogens (tertiary/aromatic N) is 2. The van der Waals surface area contributed by atoms with Crippen LogP contribution in [0.2, 0.25) is 0 Å². The lowest BCUT2D eigenvalue weighted by Gasteiger charge is -2.21. The van der Waals surface area contributed by atoms with E-state index in [-0.39, 0.29) is 11.9 Å². The van der Waals surface area contributed by atoms with Crippen LogP contribution in [0.4, 0.5) is 11.8 Å². The van der Waals surface area contributed by atoms with Gasteiger partial charge in [-0.05, 0) is 49.1 Å². The molecule has 170 valence electrons. The molecule has 3 aromatic rings. The Labute approximate surface area is 194 Å². The van der Waals surface area contributed by atoms with E-state index in [2.05, 4.69) is 69.4 Å². The van der Waals surface area contributed by atoms with Gasteiger partial charge < -0.3 is 16.0 Å². The molecule has 7 heteroatoms. The number of anilines is 2. The molecule has 3 rings (SSSR count). The number of aromatic nitrogens is 2. The van der Waals surface area contributed by atoms with Crippen molar-refractivity contribution in [3.8, 4) is 0 Å². The molecule has 0 aliphatic rings. The highest BCUT2D eigenvalue weighted by molar-refractivity contribution is 7.09. The molecule has 1 aromatic carbocycles. The van der Waals surface area contributed by atoms with Gasteiger partial charge >= 0.3 is 0 Å². The Morgan fingerprint density at radius 3 is 2.56 bits per heavy atom. The standard InChI is InChI=1S/C25H33N5OS/c1-18(2)16-22(24(31)26-13-11-20-8-5-4-6-9-20)29-23-17-19(3)28-25(30-23)27-14-12-21-10-7-15-32-21/h4-10,15,17-18,22H,11-14,16H2,1-3H3,(H,26,31)(H2,27,28,29,30)/t22-/m0/s1. The van der Waals surface area contributed by atoms with Gasteiger partial charge in [0, 0.05) is 29.7 Å². The van der Waals surface area contributed by atoms with E-state index in [1.165, 1.54) is 10.4 Å². The van der Waals surface area contributed by atoms with E-state index >= 15 is 0 Å². The number of aryl methyl sites for hydroxylation is 1. The second-order valence-electron chi connectivity index (χ2n) is 8.33. The largest absolute Gasteiger partial charge is 0.358 e. The zero-order chi connectivity index (χ0) is 22.8. The Kier molecular flexibility index (Phi) is 9.04. The maximum absolute atomic E-state index is 12.9. The van der Waals surface area contributed by atoms with Crippen LogP contribution >= 0.6 is 11.3 Å². The van der Waals surface area contributed by atoms with Crippen molar-refractivity contribution in [2.24, 2.45) is 5.92 Å². The Morgan fingerprint density at radius 1 is 1.03 bits per heavy atom.